The maximum atomic E-state index is 12.5. The van der Waals surface area contributed by atoms with E-state index < -0.39 is 10.0 Å². The maximum absolute atomic E-state index is 12.5. The number of sulfonamides is 1. The number of rotatable bonds is 3. The van der Waals surface area contributed by atoms with Crippen LogP contribution < -0.4 is 5.73 Å². The molecule has 2 rings (SSSR count). The van der Waals surface area contributed by atoms with E-state index in [0.29, 0.717) is 44.2 Å². The molecule has 1 aliphatic rings. The normalized spacial score (nSPS) is 18.8. The second-order valence-corrected chi connectivity index (χ2v) is 6.11. The highest BCUT2D eigenvalue weighted by Gasteiger charge is 2.29. The maximum Gasteiger partial charge on any atom is 0.246 e. The van der Waals surface area contributed by atoms with Crippen LogP contribution in [0.2, 0.25) is 0 Å². The summed E-state index contributed by atoms with van der Waals surface area (Å²) in [6.07, 6.45) is 0.708. The molecule has 1 aromatic rings. The molecule has 0 atom stereocenters. The average Bonchev–Trinajstić information content (AvgIpc) is 2.55. The van der Waals surface area contributed by atoms with Crippen LogP contribution >= 0.6 is 0 Å². The van der Waals surface area contributed by atoms with Crippen LogP contribution in [0.3, 0.4) is 0 Å². The highest BCUT2D eigenvalue weighted by Crippen LogP contribution is 2.24. The van der Waals surface area contributed by atoms with Crippen LogP contribution in [-0.2, 0) is 21.3 Å². The fourth-order valence-electron chi connectivity index (χ4n) is 1.98. The Morgan fingerprint density at radius 3 is 2.83 bits per heavy atom. The molecule has 1 fully saturated rings. The van der Waals surface area contributed by atoms with Crippen molar-refractivity contribution in [3.05, 3.63) is 17.6 Å². The van der Waals surface area contributed by atoms with Crippen molar-refractivity contribution in [2.24, 2.45) is 5.73 Å². The number of nitrogens with zero attached hydrogens (tertiary/aromatic N) is 1. The van der Waals surface area contributed by atoms with Gasteiger partial charge in [-0.1, -0.05) is 0 Å². The predicted octanol–water partition coefficient (Wildman–Crippen LogP) is 0.458. The SMILES string of the molecule is Cc1oc(CN)cc1S(=O)(=O)N1CCCOCC1. The fraction of sp³-hybridized carbons (Fsp3) is 0.636. The lowest BCUT2D eigenvalue weighted by molar-refractivity contribution is 0.148. The minimum atomic E-state index is -3.50. The third kappa shape index (κ3) is 2.59. The Labute approximate surface area is 107 Å². The van der Waals surface area contributed by atoms with Crippen LogP contribution in [0.5, 0.6) is 0 Å². The molecule has 1 saturated heterocycles. The lowest BCUT2D eigenvalue weighted by Crippen LogP contribution is -2.33. The van der Waals surface area contributed by atoms with E-state index in [9.17, 15) is 8.42 Å². The summed E-state index contributed by atoms with van der Waals surface area (Å²) in [6, 6.07) is 1.51. The molecule has 1 aliphatic heterocycles. The van der Waals surface area contributed by atoms with Crippen LogP contribution in [0, 0.1) is 6.92 Å². The molecule has 0 bridgehead atoms. The number of furan rings is 1. The summed E-state index contributed by atoms with van der Waals surface area (Å²) in [4.78, 5) is 0.213. The topological polar surface area (TPSA) is 85.8 Å². The van der Waals surface area contributed by atoms with Crippen molar-refractivity contribution in [3.8, 4) is 0 Å². The van der Waals surface area contributed by atoms with Gasteiger partial charge in [0, 0.05) is 25.8 Å². The molecule has 6 nitrogen and oxygen atoms in total. The standard InChI is InChI=1S/C11H18N2O4S/c1-9-11(7-10(8-12)17-9)18(14,15)13-3-2-5-16-6-4-13/h7H,2-6,8,12H2,1H3. The van der Waals surface area contributed by atoms with Gasteiger partial charge < -0.3 is 14.9 Å². The summed E-state index contributed by atoms with van der Waals surface area (Å²) >= 11 is 0. The molecule has 7 heteroatoms. The summed E-state index contributed by atoms with van der Waals surface area (Å²) in [6.45, 7) is 3.72. The zero-order valence-electron chi connectivity index (χ0n) is 10.4. The van der Waals surface area contributed by atoms with E-state index >= 15 is 0 Å². The van der Waals surface area contributed by atoms with E-state index in [0.717, 1.165) is 0 Å². The van der Waals surface area contributed by atoms with Gasteiger partial charge in [0.2, 0.25) is 10.0 Å². The number of hydrogen-bond acceptors (Lipinski definition) is 5. The van der Waals surface area contributed by atoms with Gasteiger partial charge in [-0.3, -0.25) is 0 Å². The van der Waals surface area contributed by atoms with Crippen LogP contribution in [0.4, 0.5) is 0 Å². The van der Waals surface area contributed by atoms with Crippen LogP contribution in [-0.4, -0.2) is 39.0 Å². The summed E-state index contributed by atoms with van der Waals surface area (Å²) < 4.78 is 36.9. The molecule has 2 N–H and O–H groups in total. The number of nitrogens with two attached hydrogens (primary N) is 1. The number of aryl methyl sites for hydroxylation is 1. The molecule has 0 aromatic carbocycles. The molecule has 0 amide bonds. The Bertz CT molecular complexity index is 501. The van der Waals surface area contributed by atoms with Crippen LogP contribution in [0.25, 0.3) is 0 Å². The van der Waals surface area contributed by atoms with Gasteiger partial charge in [0.1, 0.15) is 16.4 Å². The van der Waals surface area contributed by atoms with Crippen LogP contribution in [0.1, 0.15) is 17.9 Å². The van der Waals surface area contributed by atoms with Crippen molar-refractivity contribution in [1.82, 2.24) is 4.31 Å². The lowest BCUT2D eigenvalue weighted by Gasteiger charge is -2.18. The molecule has 18 heavy (non-hydrogen) atoms. The third-order valence-corrected chi connectivity index (χ3v) is 4.93. The number of hydrogen-bond donors (Lipinski definition) is 1. The van der Waals surface area contributed by atoms with Gasteiger partial charge >= 0.3 is 0 Å². The van der Waals surface area contributed by atoms with E-state index in [1.165, 1.54) is 10.4 Å². The quantitative estimate of drug-likeness (QED) is 0.865. The van der Waals surface area contributed by atoms with Gasteiger partial charge in [-0.25, -0.2) is 8.42 Å². The van der Waals surface area contributed by atoms with E-state index in [2.05, 4.69) is 0 Å². The van der Waals surface area contributed by atoms with Gasteiger partial charge in [0.25, 0.3) is 0 Å². The minimum absolute atomic E-state index is 0.194. The summed E-state index contributed by atoms with van der Waals surface area (Å²) in [5, 5.41) is 0. The minimum Gasteiger partial charge on any atom is -0.464 e. The van der Waals surface area contributed by atoms with E-state index in [1.54, 1.807) is 6.92 Å². The largest absolute Gasteiger partial charge is 0.464 e. The Hall–Kier alpha value is -0.890. The van der Waals surface area contributed by atoms with Crippen molar-refractivity contribution in [1.29, 1.82) is 0 Å². The molecule has 0 spiro atoms. The molecule has 0 saturated carbocycles. The monoisotopic (exact) mass is 274 g/mol. The fourth-order valence-corrected chi connectivity index (χ4v) is 3.63. The first-order chi connectivity index (χ1) is 8.55. The van der Waals surface area contributed by atoms with Gasteiger partial charge in [0.05, 0.1) is 13.2 Å². The van der Waals surface area contributed by atoms with Crippen LogP contribution in [0.15, 0.2) is 15.4 Å². The zero-order valence-corrected chi connectivity index (χ0v) is 11.2. The molecule has 102 valence electrons. The Kier molecular flexibility index (Phi) is 4.06. The average molecular weight is 274 g/mol. The predicted molar refractivity (Wildman–Crippen MR) is 65.5 cm³/mol. The van der Waals surface area contributed by atoms with E-state index in [1.807, 2.05) is 0 Å². The van der Waals surface area contributed by atoms with Crippen molar-refractivity contribution < 1.29 is 17.6 Å². The third-order valence-electron chi connectivity index (χ3n) is 2.92. The summed E-state index contributed by atoms with van der Waals surface area (Å²) in [5.41, 5.74) is 5.46. The second kappa shape index (κ2) is 5.40. The molecule has 0 radical (unpaired) electrons. The molecule has 1 aromatic heterocycles. The smallest absolute Gasteiger partial charge is 0.246 e. The first kappa shape index (κ1) is 13.5. The number of ether oxygens (including phenoxy) is 1. The van der Waals surface area contributed by atoms with Gasteiger partial charge in [0.15, 0.2) is 0 Å². The molecule has 0 unspecified atom stereocenters. The second-order valence-electron chi connectivity index (χ2n) is 4.21. The summed E-state index contributed by atoms with van der Waals surface area (Å²) in [7, 11) is -3.50. The highest BCUT2D eigenvalue weighted by atomic mass is 32.2. The van der Waals surface area contributed by atoms with Gasteiger partial charge in [-0.05, 0) is 13.3 Å². The van der Waals surface area contributed by atoms with Crippen molar-refractivity contribution >= 4 is 10.0 Å². The Morgan fingerprint density at radius 1 is 1.39 bits per heavy atom. The van der Waals surface area contributed by atoms with Crippen molar-refractivity contribution in [2.45, 2.75) is 24.8 Å². The van der Waals surface area contributed by atoms with Gasteiger partial charge in [-0.15, -0.1) is 0 Å². The Balaban J connectivity index is 2.31. The van der Waals surface area contributed by atoms with E-state index in [4.69, 9.17) is 14.9 Å². The molecular formula is C11H18N2O4S. The zero-order chi connectivity index (χ0) is 13.2. The Morgan fingerprint density at radius 2 is 2.17 bits per heavy atom. The molecule has 0 aliphatic carbocycles. The van der Waals surface area contributed by atoms with E-state index in [-0.39, 0.29) is 11.4 Å². The first-order valence-corrected chi connectivity index (χ1v) is 7.37. The van der Waals surface area contributed by atoms with Crippen molar-refractivity contribution in [3.63, 3.8) is 0 Å². The molecule has 2 heterocycles. The first-order valence-electron chi connectivity index (χ1n) is 5.93. The highest BCUT2D eigenvalue weighted by molar-refractivity contribution is 7.89. The van der Waals surface area contributed by atoms with Crippen molar-refractivity contribution in [2.75, 3.05) is 26.3 Å². The lowest BCUT2D eigenvalue weighted by atomic mass is 10.4. The summed E-state index contributed by atoms with van der Waals surface area (Å²) in [5.74, 6) is 0.873. The van der Waals surface area contributed by atoms with Gasteiger partial charge in [-0.2, -0.15) is 4.31 Å². The molecular weight excluding hydrogens is 256 g/mol.